The summed E-state index contributed by atoms with van der Waals surface area (Å²) in [5.74, 6) is 0.227. The van der Waals surface area contributed by atoms with Crippen LogP contribution in [0, 0.1) is 6.92 Å². The topological polar surface area (TPSA) is 64.3 Å². The Bertz CT molecular complexity index is 653. The molecule has 0 aromatic heterocycles. The average Bonchev–Trinajstić information content (AvgIpc) is 2.47. The van der Waals surface area contributed by atoms with Crippen LogP contribution < -0.4 is 15.8 Å². The summed E-state index contributed by atoms with van der Waals surface area (Å²) in [4.78, 5) is 11.3. The van der Waals surface area contributed by atoms with Crippen molar-refractivity contribution >= 4 is 11.6 Å². The van der Waals surface area contributed by atoms with E-state index in [0.29, 0.717) is 11.3 Å². The second kappa shape index (κ2) is 6.31. The van der Waals surface area contributed by atoms with Gasteiger partial charge in [0.1, 0.15) is 5.75 Å². The van der Waals surface area contributed by atoms with Gasteiger partial charge in [-0.25, -0.2) is 0 Å². The molecule has 4 heteroatoms. The molecule has 1 amide bonds. The number of nitrogens with one attached hydrogen (secondary N) is 1. The van der Waals surface area contributed by atoms with Crippen molar-refractivity contribution in [2.45, 2.75) is 19.9 Å². The maximum Gasteiger partial charge on any atom is 0.248 e. The molecule has 0 saturated carbocycles. The van der Waals surface area contributed by atoms with E-state index in [4.69, 9.17) is 10.5 Å². The fourth-order valence-electron chi connectivity index (χ4n) is 2.36. The Hall–Kier alpha value is -2.49. The number of methoxy groups -OCH3 is 1. The summed E-state index contributed by atoms with van der Waals surface area (Å²) in [6, 6.07) is 13.4. The lowest BCUT2D eigenvalue weighted by Gasteiger charge is -2.20. The number of primary amides is 1. The highest BCUT2D eigenvalue weighted by atomic mass is 16.5. The molecular weight excluding hydrogens is 264 g/mol. The van der Waals surface area contributed by atoms with Gasteiger partial charge in [-0.2, -0.15) is 0 Å². The maximum absolute atomic E-state index is 11.3. The summed E-state index contributed by atoms with van der Waals surface area (Å²) in [6.45, 7) is 4.14. The van der Waals surface area contributed by atoms with Crippen LogP contribution in [0.4, 0.5) is 5.69 Å². The number of nitrogens with two attached hydrogens (primary N) is 1. The minimum absolute atomic E-state index is 0.0863. The molecule has 4 nitrogen and oxygen atoms in total. The number of hydrogen-bond donors (Lipinski definition) is 2. The van der Waals surface area contributed by atoms with E-state index < -0.39 is 5.91 Å². The lowest BCUT2D eigenvalue weighted by molar-refractivity contribution is 0.100. The van der Waals surface area contributed by atoms with Gasteiger partial charge in [-0.3, -0.25) is 4.79 Å². The first-order valence-corrected chi connectivity index (χ1v) is 6.83. The quantitative estimate of drug-likeness (QED) is 0.885. The Morgan fingerprint density at radius 2 is 1.95 bits per heavy atom. The van der Waals surface area contributed by atoms with Crippen molar-refractivity contribution in [3.8, 4) is 5.75 Å². The van der Waals surface area contributed by atoms with Crippen molar-refractivity contribution in [1.82, 2.24) is 0 Å². The van der Waals surface area contributed by atoms with E-state index in [-0.39, 0.29) is 6.04 Å². The zero-order chi connectivity index (χ0) is 15.4. The van der Waals surface area contributed by atoms with E-state index in [0.717, 1.165) is 5.69 Å². The molecule has 0 heterocycles. The second-order valence-electron chi connectivity index (χ2n) is 5.00. The lowest BCUT2D eigenvalue weighted by atomic mass is 10.0. The molecule has 0 radical (unpaired) electrons. The number of hydrogen-bond acceptors (Lipinski definition) is 3. The van der Waals surface area contributed by atoms with E-state index in [2.05, 4.69) is 31.3 Å². The average molecular weight is 284 g/mol. The summed E-state index contributed by atoms with van der Waals surface area (Å²) in [5, 5.41) is 3.38. The minimum atomic E-state index is -0.454. The van der Waals surface area contributed by atoms with Gasteiger partial charge in [0.15, 0.2) is 0 Å². The summed E-state index contributed by atoms with van der Waals surface area (Å²) in [7, 11) is 1.60. The molecule has 0 bridgehead atoms. The van der Waals surface area contributed by atoms with E-state index in [9.17, 15) is 4.79 Å². The van der Waals surface area contributed by atoms with Gasteiger partial charge in [0.25, 0.3) is 0 Å². The largest absolute Gasteiger partial charge is 0.495 e. The van der Waals surface area contributed by atoms with Crippen LogP contribution in [0.1, 0.15) is 34.5 Å². The molecule has 0 aliphatic carbocycles. The van der Waals surface area contributed by atoms with Gasteiger partial charge in [-0.05, 0) is 43.2 Å². The van der Waals surface area contributed by atoms with Crippen molar-refractivity contribution in [3.05, 3.63) is 59.2 Å². The molecule has 2 aromatic carbocycles. The van der Waals surface area contributed by atoms with Crippen LogP contribution in [-0.4, -0.2) is 13.0 Å². The third kappa shape index (κ3) is 3.34. The number of anilines is 1. The SMILES string of the molecule is COc1ccc(C(N)=O)cc1NC(C)c1ccccc1C. The van der Waals surface area contributed by atoms with Crippen LogP contribution in [0.3, 0.4) is 0 Å². The molecule has 0 aliphatic rings. The number of amides is 1. The highest BCUT2D eigenvalue weighted by Crippen LogP contribution is 2.30. The third-order valence-electron chi connectivity index (χ3n) is 3.51. The third-order valence-corrected chi connectivity index (χ3v) is 3.51. The molecule has 0 saturated heterocycles. The van der Waals surface area contributed by atoms with Crippen LogP contribution in [0.2, 0.25) is 0 Å². The lowest BCUT2D eigenvalue weighted by Crippen LogP contribution is -2.13. The first-order valence-electron chi connectivity index (χ1n) is 6.83. The summed E-state index contributed by atoms with van der Waals surface area (Å²) >= 11 is 0. The Balaban J connectivity index is 2.31. The van der Waals surface area contributed by atoms with Crippen LogP contribution in [-0.2, 0) is 0 Å². The zero-order valence-electron chi connectivity index (χ0n) is 12.5. The molecule has 2 aromatic rings. The van der Waals surface area contributed by atoms with Gasteiger partial charge in [0, 0.05) is 11.6 Å². The van der Waals surface area contributed by atoms with E-state index in [1.165, 1.54) is 11.1 Å². The van der Waals surface area contributed by atoms with E-state index in [1.807, 2.05) is 12.1 Å². The Morgan fingerprint density at radius 3 is 2.57 bits per heavy atom. The van der Waals surface area contributed by atoms with Crippen molar-refractivity contribution in [2.75, 3.05) is 12.4 Å². The molecule has 0 spiro atoms. The van der Waals surface area contributed by atoms with Gasteiger partial charge < -0.3 is 15.8 Å². The standard InChI is InChI=1S/C17H20N2O2/c1-11-6-4-5-7-14(11)12(2)19-15-10-13(17(18)20)8-9-16(15)21-3/h4-10,12,19H,1-3H3,(H2,18,20). The highest BCUT2D eigenvalue weighted by Gasteiger charge is 2.12. The summed E-state index contributed by atoms with van der Waals surface area (Å²) in [6.07, 6.45) is 0. The van der Waals surface area contributed by atoms with Crippen LogP contribution >= 0.6 is 0 Å². The first kappa shape index (κ1) is 14.9. The molecule has 110 valence electrons. The van der Waals surface area contributed by atoms with Crippen LogP contribution in [0.5, 0.6) is 5.75 Å². The number of benzene rings is 2. The monoisotopic (exact) mass is 284 g/mol. The summed E-state index contributed by atoms with van der Waals surface area (Å²) < 4.78 is 5.33. The molecule has 2 rings (SSSR count). The maximum atomic E-state index is 11.3. The van der Waals surface area contributed by atoms with Crippen molar-refractivity contribution in [2.24, 2.45) is 5.73 Å². The number of carbonyl (C=O) groups is 1. The Labute approximate surface area is 124 Å². The van der Waals surface area contributed by atoms with Crippen LogP contribution in [0.25, 0.3) is 0 Å². The van der Waals surface area contributed by atoms with Gasteiger partial charge in [-0.15, -0.1) is 0 Å². The smallest absolute Gasteiger partial charge is 0.248 e. The summed E-state index contributed by atoms with van der Waals surface area (Å²) in [5.41, 5.74) is 8.95. The van der Waals surface area contributed by atoms with Gasteiger partial charge in [0.05, 0.1) is 12.8 Å². The number of rotatable bonds is 5. The fraction of sp³-hybridized carbons (Fsp3) is 0.235. The van der Waals surface area contributed by atoms with Gasteiger partial charge in [0.2, 0.25) is 5.91 Å². The van der Waals surface area contributed by atoms with Crippen molar-refractivity contribution in [1.29, 1.82) is 0 Å². The molecule has 3 N–H and O–H groups in total. The number of aryl methyl sites for hydroxylation is 1. The zero-order valence-corrected chi connectivity index (χ0v) is 12.5. The number of carbonyl (C=O) groups excluding carboxylic acids is 1. The molecular formula is C17H20N2O2. The normalized spacial score (nSPS) is 11.8. The molecule has 0 fully saturated rings. The number of ether oxygens (including phenoxy) is 1. The van der Waals surface area contributed by atoms with Crippen molar-refractivity contribution in [3.63, 3.8) is 0 Å². The van der Waals surface area contributed by atoms with E-state index >= 15 is 0 Å². The van der Waals surface area contributed by atoms with Gasteiger partial charge >= 0.3 is 0 Å². The fourth-order valence-corrected chi connectivity index (χ4v) is 2.36. The minimum Gasteiger partial charge on any atom is -0.495 e. The molecule has 1 unspecified atom stereocenters. The van der Waals surface area contributed by atoms with Crippen LogP contribution in [0.15, 0.2) is 42.5 Å². The Morgan fingerprint density at radius 1 is 1.24 bits per heavy atom. The predicted octanol–water partition coefficient (Wildman–Crippen LogP) is 3.28. The second-order valence-corrected chi connectivity index (χ2v) is 5.00. The van der Waals surface area contributed by atoms with Gasteiger partial charge in [-0.1, -0.05) is 24.3 Å². The first-order chi connectivity index (χ1) is 10.0. The molecule has 21 heavy (non-hydrogen) atoms. The predicted molar refractivity (Wildman–Crippen MR) is 84.7 cm³/mol. The highest BCUT2D eigenvalue weighted by molar-refractivity contribution is 5.94. The molecule has 1 atom stereocenters. The van der Waals surface area contributed by atoms with Crippen molar-refractivity contribution < 1.29 is 9.53 Å². The van der Waals surface area contributed by atoms with E-state index in [1.54, 1.807) is 25.3 Å². The Kier molecular flexibility index (Phi) is 4.48. The molecule has 0 aliphatic heterocycles.